The van der Waals surface area contributed by atoms with Gasteiger partial charge in [0.15, 0.2) is 11.5 Å². The van der Waals surface area contributed by atoms with Crippen LogP contribution in [0.1, 0.15) is 58.9 Å². The molecule has 20 heavy (non-hydrogen) atoms. The molecule has 0 saturated heterocycles. The third-order valence-electron chi connectivity index (χ3n) is 3.33. The Labute approximate surface area is 122 Å². The highest BCUT2D eigenvalue weighted by Gasteiger charge is 2.13. The summed E-state index contributed by atoms with van der Waals surface area (Å²) in [5.74, 6) is 1.70. The molecule has 0 aliphatic heterocycles. The zero-order valence-electron chi connectivity index (χ0n) is 13.1. The molecule has 1 aromatic carbocycles. The van der Waals surface area contributed by atoms with Gasteiger partial charge in [-0.3, -0.25) is 0 Å². The molecule has 0 unspecified atom stereocenters. The lowest BCUT2D eigenvalue weighted by molar-refractivity contribution is 0.199. The highest BCUT2D eigenvalue weighted by atomic mass is 16.5. The lowest BCUT2D eigenvalue weighted by Gasteiger charge is -2.19. The number of ether oxygens (including phenoxy) is 2. The van der Waals surface area contributed by atoms with Crippen LogP contribution in [0, 0.1) is 0 Å². The number of benzene rings is 1. The van der Waals surface area contributed by atoms with Gasteiger partial charge in [-0.25, -0.2) is 0 Å². The topological polar surface area (TPSA) is 18.5 Å². The molecule has 2 rings (SSSR count). The maximum Gasteiger partial charge on any atom is 0.162 e. The molecule has 0 amide bonds. The van der Waals surface area contributed by atoms with Crippen molar-refractivity contribution in [2.45, 2.75) is 65.6 Å². The second kappa shape index (κ2) is 6.83. The molecule has 1 aliphatic rings. The molecule has 1 aromatic rings. The highest BCUT2D eigenvalue weighted by molar-refractivity contribution is 5.68. The van der Waals surface area contributed by atoms with E-state index in [4.69, 9.17) is 9.47 Å². The largest absolute Gasteiger partial charge is 0.487 e. The van der Waals surface area contributed by atoms with Gasteiger partial charge in [-0.1, -0.05) is 12.1 Å². The van der Waals surface area contributed by atoms with Crippen molar-refractivity contribution >= 4 is 5.57 Å². The summed E-state index contributed by atoms with van der Waals surface area (Å²) in [4.78, 5) is 0. The molecule has 0 fully saturated rings. The molecule has 1 aliphatic carbocycles. The summed E-state index contributed by atoms with van der Waals surface area (Å²) in [7, 11) is 0. The fourth-order valence-corrected chi connectivity index (χ4v) is 2.51. The molecule has 0 bridgehead atoms. The Balaban J connectivity index is 2.29. The molecule has 0 N–H and O–H groups in total. The van der Waals surface area contributed by atoms with Crippen LogP contribution in [-0.4, -0.2) is 12.2 Å². The van der Waals surface area contributed by atoms with Crippen LogP contribution in [0.5, 0.6) is 11.5 Å². The van der Waals surface area contributed by atoms with E-state index in [9.17, 15) is 0 Å². The minimum absolute atomic E-state index is 0.153. The molecule has 2 nitrogen and oxygen atoms in total. The Morgan fingerprint density at radius 1 is 0.900 bits per heavy atom. The van der Waals surface area contributed by atoms with Gasteiger partial charge >= 0.3 is 0 Å². The molecule has 0 heterocycles. The van der Waals surface area contributed by atoms with Crippen molar-refractivity contribution in [2.75, 3.05) is 0 Å². The van der Waals surface area contributed by atoms with Gasteiger partial charge in [0.25, 0.3) is 0 Å². The maximum absolute atomic E-state index is 5.93. The summed E-state index contributed by atoms with van der Waals surface area (Å²) in [6.45, 7) is 8.17. The van der Waals surface area contributed by atoms with Crippen LogP contribution in [0.25, 0.3) is 5.57 Å². The number of rotatable bonds is 5. The summed E-state index contributed by atoms with van der Waals surface area (Å²) in [6.07, 6.45) is 7.64. The molecule has 0 atom stereocenters. The normalized spacial score (nSPS) is 15.4. The predicted octanol–water partition coefficient (Wildman–Crippen LogP) is 5.22. The summed E-state index contributed by atoms with van der Waals surface area (Å²) in [5.41, 5.74) is 2.72. The van der Waals surface area contributed by atoms with Crippen LogP contribution in [0.3, 0.4) is 0 Å². The first-order chi connectivity index (χ1) is 9.56. The van der Waals surface area contributed by atoms with Gasteiger partial charge in [-0.15, -0.1) is 0 Å². The van der Waals surface area contributed by atoms with E-state index in [1.165, 1.54) is 36.8 Å². The first-order valence-electron chi connectivity index (χ1n) is 7.73. The third kappa shape index (κ3) is 4.03. The third-order valence-corrected chi connectivity index (χ3v) is 3.33. The van der Waals surface area contributed by atoms with Crippen LogP contribution in [-0.2, 0) is 0 Å². The zero-order chi connectivity index (χ0) is 14.5. The number of allylic oxidation sites excluding steroid dienone is 2. The average molecular weight is 274 g/mol. The fourth-order valence-electron chi connectivity index (χ4n) is 2.51. The Bertz CT molecular complexity index is 472. The van der Waals surface area contributed by atoms with Gasteiger partial charge < -0.3 is 9.47 Å². The Morgan fingerprint density at radius 2 is 1.60 bits per heavy atom. The lowest BCUT2D eigenvalue weighted by atomic mass is 9.93. The van der Waals surface area contributed by atoms with Crippen molar-refractivity contribution < 1.29 is 9.47 Å². The molecular formula is C18H26O2. The fraction of sp³-hybridized carbons (Fsp3) is 0.556. The van der Waals surface area contributed by atoms with Crippen LogP contribution in [0.4, 0.5) is 0 Å². The van der Waals surface area contributed by atoms with E-state index in [1.807, 2.05) is 33.8 Å². The van der Waals surface area contributed by atoms with E-state index >= 15 is 0 Å². The van der Waals surface area contributed by atoms with Crippen molar-refractivity contribution in [1.82, 2.24) is 0 Å². The summed E-state index contributed by atoms with van der Waals surface area (Å²) in [6, 6.07) is 6.33. The second-order valence-corrected chi connectivity index (χ2v) is 5.97. The van der Waals surface area contributed by atoms with E-state index in [0.717, 1.165) is 11.5 Å². The molecule has 0 spiro atoms. The van der Waals surface area contributed by atoms with E-state index in [0.29, 0.717) is 0 Å². The Kier molecular flexibility index (Phi) is 5.11. The first-order valence-corrected chi connectivity index (χ1v) is 7.73. The first kappa shape index (κ1) is 15.0. The molecule has 0 radical (unpaired) electrons. The molecule has 2 heteroatoms. The predicted molar refractivity (Wildman–Crippen MR) is 84.4 cm³/mol. The van der Waals surface area contributed by atoms with Crippen molar-refractivity contribution in [3.8, 4) is 11.5 Å². The van der Waals surface area contributed by atoms with E-state index in [2.05, 4.69) is 18.2 Å². The van der Waals surface area contributed by atoms with Crippen molar-refractivity contribution in [3.05, 3.63) is 29.8 Å². The standard InChI is InChI=1S/C18H26O2/c1-13(2)19-17-11-10-16(12-18(17)20-14(3)4)15-8-6-5-7-9-15/h8,10-14H,5-7,9H2,1-4H3. The average Bonchev–Trinajstić information content (AvgIpc) is 2.40. The smallest absolute Gasteiger partial charge is 0.162 e. The quantitative estimate of drug-likeness (QED) is 0.733. The lowest BCUT2D eigenvalue weighted by Crippen LogP contribution is -2.11. The monoisotopic (exact) mass is 274 g/mol. The van der Waals surface area contributed by atoms with Crippen molar-refractivity contribution in [1.29, 1.82) is 0 Å². The minimum Gasteiger partial charge on any atom is -0.487 e. The molecule has 0 aromatic heterocycles. The number of hydrogen-bond acceptors (Lipinski definition) is 2. The van der Waals surface area contributed by atoms with E-state index in [-0.39, 0.29) is 12.2 Å². The summed E-state index contributed by atoms with van der Waals surface area (Å²) < 4.78 is 11.8. The van der Waals surface area contributed by atoms with Crippen molar-refractivity contribution in [2.24, 2.45) is 0 Å². The van der Waals surface area contributed by atoms with Crippen LogP contribution in [0.15, 0.2) is 24.3 Å². The molecular weight excluding hydrogens is 248 g/mol. The zero-order valence-corrected chi connectivity index (χ0v) is 13.1. The summed E-state index contributed by atoms with van der Waals surface area (Å²) in [5, 5.41) is 0. The van der Waals surface area contributed by atoms with Gasteiger partial charge in [-0.2, -0.15) is 0 Å². The second-order valence-electron chi connectivity index (χ2n) is 5.97. The van der Waals surface area contributed by atoms with Crippen LogP contribution < -0.4 is 9.47 Å². The van der Waals surface area contributed by atoms with E-state index in [1.54, 1.807) is 0 Å². The van der Waals surface area contributed by atoms with E-state index < -0.39 is 0 Å². The Morgan fingerprint density at radius 3 is 2.20 bits per heavy atom. The minimum atomic E-state index is 0.153. The van der Waals surface area contributed by atoms with Crippen LogP contribution >= 0.6 is 0 Å². The SMILES string of the molecule is CC(C)Oc1ccc(C2=CCCCC2)cc1OC(C)C. The molecule has 110 valence electrons. The van der Waals surface area contributed by atoms with Gasteiger partial charge in [0.1, 0.15) is 0 Å². The highest BCUT2D eigenvalue weighted by Crippen LogP contribution is 2.35. The van der Waals surface area contributed by atoms with Crippen LogP contribution in [0.2, 0.25) is 0 Å². The van der Waals surface area contributed by atoms with Gasteiger partial charge in [-0.05, 0) is 76.6 Å². The molecule has 0 saturated carbocycles. The Hall–Kier alpha value is -1.44. The summed E-state index contributed by atoms with van der Waals surface area (Å²) >= 11 is 0. The van der Waals surface area contributed by atoms with Gasteiger partial charge in [0.05, 0.1) is 12.2 Å². The number of hydrogen-bond donors (Lipinski definition) is 0. The maximum atomic E-state index is 5.93. The van der Waals surface area contributed by atoms with Gasteiger partial charge in [0.2, 0.25) is 0 Å². The van der Waals surface area contributed by atoms with Gasteiger partial charge in [0, 0.05) is 0 Å². The van der Waals surface area contributed by atoms with Crippen molar-refractivity contribution in [3.63, 3.8) is 0 Å².